The molecule has 0 saturated heterocycles. The second-order valence-corrected chi connectivity index (χ2v) is 3.75. The van der Waals surface area contributed by atoms with Gasteiger partial charge >= 0.3 is 0 Å². The van der Waals surface area contributed by atoms with Crippen LogP contribution >= 0.6 is 0 Å². The number of nitrogen functional groups attached to an aromatic ring is 1. The van der Waals surface area contributed by atoms with Crippen molar-refractivity contribution in [3.8, 4) is 11.1 Å². The molecule has 0 aromatic heterocycles. The van der Waals surface area contributed by atoms with E-state index in [2.05, 4.69) is 0 Å². The van der Waals surface area contributed by atoms with Crippen LogP contribution in [0.4, 0.5) is 14.5 Å². The van der Waals surface area contributed by atoms with Gasteiger partial charge in [0.25, 0.3) is 0 Å². The van der Waals surface area contributed by atoms with E-state index in [4.69, 9.17) is 5.73 Å². The fourth-order valence-electron chi connectivity index (χ4n) is 1.61. The van der Waals surface area contributed by atoms with Crippen molar-refractivity contribution in [1.82, 2.24) is 0 Å². The van der Waals surface area contributed by atoms with Gasteiger partial charge < -0.3 is 5.73 Å². The SMILES string of the molecule is Cc1cc(F)cc(-c2ccc(N)c(F)c2)c1. The van der Waals surface area contributed by atoms with Crippen molar-refractivity contribution in [2.45, 2.75) is 6.92 Å². The molecule has 0 atom stereocenters. The van der Waals surface area contributed by atoms with Crippen LogP contribution < -0.4 is 5.73 Å². The number of nitrogens with two attached hydrogens (primary N) is 1. The van der Waals surface area contributed by atoms with Crippen molar-refractivity contribution in [2.24, 2.45) is 0 Å². The third-order valence-corrected chi connectivity index (χ3v) is 2.38. The summed E-state index contributed by atoms with van der Waals surface area (Å²) < 4.78 is 26.4. The monoisotopic (exact) mass is 219 g/mol. The van der Waals surface area contributed by atoms with Crippen LogP contribution in [-0.4, -0.2) is 0 Å². The molecule has 82 valence electrons. The highest BCUT2D eigenvalue weighted by Gasteiger charge is 2.04. The molecule has 2 aromatic carbocycles. The standard InChI is InChI=1S/C13H11F2N/c1-8-4-10(6-11(14)5-8)9-2-3-13(16)12(15)7-9/h2-7H,16H2,1H3. The van der Waals surface area contributed by atoms with Gasteiger partial charge in [-0.25, -0.2) is 8.78 Å². The molecule has 0 radical (unpaired) electrons. The van der Waals surface area contributed by atoms with Crippen LogP contribution in [-0.2, 0) is 0 Å². The van der Waals surface area contributed by atoms with E-state index in [1.54, 1.807) is 19.1 Å². The lowest BCUT2D eigenvalue weighted by Crippen LogP contribution is -1.91. The summed E-state index contributed by atoms with van der Waals surface area (Å²) in [4.78, 5) is 0. The van der Waals surface area contributed by atoms with Gasteiger partial charge in [-0.15, -0.1) is 0 Å². The third-order valence-electron chi connectivity index (χ3n) is 2.38. The number of halogens is 2. The summed E-state index contributed by atoms with van der Waals surface area (Å²) in [5, 5.41) is 0. The van der Waals surface area contributed by atoms with Gasteiger partial charge in [0.05, 0.1) is 5.69 Å². The quantitative estimate of drug-likeness (QED) is 0.729. The van der Waals surface area contributed by atoms with E-state index < -0.39 is 5.82 Å². The van der Waals surface area contributed by atoms with Crippen molar-refractivity contribution in [3.05, 3.63) is 53.6 Å². The summed E-state index contributed by atoms with van der Waals surface area (Å²) >= 11 is 0. The Balaban J connectivity index is 2.54. The summed E-state index contributed by atoms with van der Waals surface area (Å²) in [6.07, 6.45) is 0. The molecular weight excluding hydrogens is 208 g/mol. The first kappa shape index (κ1) is 10.6. The first-order chi connectivity index (χ1) is 7.56. The number of benzene rings is 2. The van der Waals surface area contributed by atoms with E-state index in [-0.39, 0.29) is 11.5 Å². The summed E-state index contributed by atoms with van der Waals surface area (Å²) in [6.45, 7) is 1.79. The minimum Gasteiger partial charge on any atom is -0.396 e. The Hall–Kier alpha value is -1.90. The molecule has 2 aromatic rings. The molecule has 0 aliphatic carbocycles. The molecule has 0 heterocycles. The van der Waals surface area contributed by atoms with Crippen LogP contribution in [0.3, 0.4) is 0 Å². The molecule has 0 saturated carbocycles. The van der Waals surface area contributed by atoms with Crippen molar-refractivity contribution in [1.29, 1.82) is 0 Å². The lowest BCUT2D eigenvalue weighted by atomic mass is 10.0. The Morgan fingerprint density at radius 2 is 1.69 bits per heavy atom. The van der Waals surface area contributed by atoms with Gasteiger partial charge in [-0.3, -0.25) is 0 Å². The van der Waals surface area contributed by atoms with E-state index in [1.165, 1.54) is 24.3 Å². The molecule has 0 spiro atoms. The highest BCUT2D eigenvalue weighted by molar-refractivity contribution is 5.66. The van der Waals surface area contributed by atoms with Gasteiger partial charge in [0.1, 0.15) is 11.6 Å². The number of aryl methyl sites for hydroxylation is 1. The lowest BCUT2D eigenvalue weighted by Gasteiger charge is -2.05. The van der Waals surface area contributed by atoms with Gasteiger partial charge in [-0.1, -0.05) is 12.1 Å². The zero-order chi connectivity index (χ0) is 11.7. The fraction of sp³-hybridized carbons (Fsp3) is 0.0769. The van der Waals surface area contributed by atoms with Gasteiger partial charge in [0, 0.05) is 0 Å². The predicted molar refractivity (Wildman–Crippen MR) is 60.9 cm³/mol. The molecule has 2 rings (SSSR count). The summed E-state index contributed by atoms with van der Waals surface area (Å²) in [5.41, 5.74) is 7.54. The number of hydrogen-bond donors (Lipinski definition) is 1. The van der Waals surface area contributed by atoms with Crippen LogP contribution in [0.1, 0.15) is 5.56 Å². The second-order valence-electron chi connectivity index (χ2n) is 3.75. The molecule has 0 bridgehead atoms. The molecule has 0 unspecified atom stereocenters. The van der Waals surface area contributed by atoms with Crippen LogP contribution in [0, 0.1) is 18.6 Å². The molecule has 1 nitrogen and oxygen atoms in total. The van der Waals surface area contributed by atoms with Gasteiger partial charge in [-0.2, -0.15) is 0 Å². The second kappa shape index (κ2) is 3.93. The normalized spacial score (nSPS) is 10.4. The average molecular weight is 219 g/mol. The molecule has 0 fully saturated rings. The molecule has 0 aliphatic rings. The molecule has 3 heteroatoms. The average Bonchev–Trinajstić information content (AvgIpc) is 2.20. The minimum atomic E-state index is -0.487. The molecule has 2 N–H and O–H groups in total. The maximum absolute atomic E-state index is 13.2. The summed E-state index contributed by atoms with van der Waals surface area (Å²) in [5.74, 6) is -0.813. The van der Waals surface area contributed by atoms with Crippen LogP contribution in [0.2, 0.25) is 0 Å². The number of rotatable bonds is 1. The lowest BCUT2D eigenvalue weighted by molar-refractivity contribution is 0.626. The Bertz CT molecular complexity index is 515. The largest absolute Gasteiger partial charge is 0.396 e. The molecular formula is C13H11F2N. The Kier molecular flexibility index (Phi) is 2.60. The predicted octanol–water partition coefficient (Wildman–Crippen LogP) is 3.52. The highest BCUT2D eigenvalue weighted by Crippen LogP contribution is 2.24. The third kappa shape index (κ3) is 2.03. The molecule has 0 aliphatic heterocycles. The van der Waals surface area contributed by atoms with Crippen LogP contribution in [0.5, 0.6) is 0 Å². The van der Waals surface area contributed by atoms with Gasteiger partial charge in [-0.05, 0) is 47.9 Å². The molecule has 16 heavy (non-hydrogen) atoms. The Morgan fingerprint density at radius 1 is 0.938 bits per heavy atom. The molecule has 0 amide bonds. The van der Waals surface area contributed by atoms with Crippen LogP contribution in [0.15, 0.2) is 36.4 Å². The topological polar surface area (TPSA) is 26.0 Å². The zero-order valence-corrected chi connectivity index (χ0v) is 8.80. The first-order valence-electron chi connectivity index (χ1n) is 4.89. The number of anilines is 1. The van der Waals surface area contributed by atoms with E-state index in [9.17, 15) is 8.78 Å². The maximum atomic E-state index is 13.2. The van der Waals surface area contributed by atoms with Gasteiger partial charge in [0.2, 0.25) is 0 Å². The maximum Gasteiger partial charge on any atom is 0.146 e. The highest BCUT2D eigenvalue weighted by atomic mass is 19.1. The Labute approximate surface area is 92.5 Å². The van der Waals surface area contributed by atoms with Crippen molar-refractivity contribution < 1.29 is 8.78 Å². The summed E-state index contributed by atoms with van der Waals surface area (Å²) in [7, 11) is 0. The first-order valence-corrected chi connectivity index (χ1v) is 4.89. The minimum absolute atomic E-state index is 0.0943. The van der Waals surface area contributed by atoms with E-state index in [0.29, 0.717) is 11.1 Å². The number of hydrogen-bond acceptors (Lipinski definition) is 1. The van der Waals surface area contributed by atoms with Gasteiger partial charge in [0.15, 0.2) is 0 Å². The van der Waals surface area contributed by atoms with E-state index >= 15 is 0 Å². The van der Waals surface area contributed by atoms with Crippen molar-refractivity contribution in [2.75, 3.05) is 5.73 Å². The van der Waals surface area contributed by atoms with E-state index in [1.807, 2.05) is 0 Å². The van der Waals surface area contributed by atoms with Crippen molar-refractivity contribution in [3.63, 3.8) is 0 Å². The zero-order valence-electron chi connectivity index (χ0n) is 8.80. The van der Waals surface area contributed by atoms with Crippen molar-refractivity contribution >= 4 is 5.69 Å². The summed E-state index contributed by atoms with van der Waals surface area (Å²) in [6, 6.07) is 9.06. The smallest absolute Gasteiger partial charge is 0.146 e. The van der Waals surface area contributed by atoms with Crippen LogP contribution in [0.25, 0.3) is 11.1 Å². The Morgan fingerprint density at radius 3 is 2.31 bits per heavy atom. The fourth-order valence-corrected chi connectivity index (χ4v) is 1.61. The van der Waals surface area contributed by atoms with E-state index in [0.717, 1.165) is 5.56 Å².